The number of carbonyl (C=O) groups excluding carboxylic acids is 2. The summed E-state index contributed by atoms with van der Waals surface area (Å²) < 4.78 is 15.6. The number of methoxy groups -OCH3 is 1. The summed E-state index contributed by atoms with van der Waals surface area (Å²) in [6, 6.07) is 19.3. The number of carbonyl (C=O) groups is 2. The van der Waals surface area contributed by atoms with Crippen LogP contribution in [0.4, 0.5) is 5.69 Å². The summed E-state index contributed by atoms with van der Waals surface area (Å²) >= 11 is 0. The first-order chi connectivity index (χ1) is 13.2. The summed E-state index contributed by atoms with van der Waals surface area (Å²) in [4.78, 5) is 25.8. The van der Waals surface area contributed by atoms with Crippen LogP contribution in [0.5, 0.6) is 5.75 Å². The number of rotatable bonds is 7. The molecular formula is C21H19NO5. The zero-order valence-corrected chi connectivity index (χ0v) is 14.8. The molecule has 0 unspecified atom stereocenters. The Kier molecular flexibility index (Phi) is 5.89. The number of esters is 1. The number of benzene rings is 2. The van der Waals surface area contributed by atoms with Gasteiger partial charge in [-0.1, -0.05) is 18.2 Å². The zero-order valence-electron chi connectivity index (χ0n) is 14.8. The van der Waals surface area contributed by atoms with Crippen molar-refractivity contribution in [3.8, 4) is 5.75 Å². The lowest BCUT2D eigenvalue weighted by Crippen LogP contribution is -2.34. The number of anilines is 1. The van der Waals surface area contributed by atoms with Crippen molar-refractivity contribution in [3.63, 3.8) is 0 Å². The summed E-state index contributed by atoms with van der Waals surface area (Å²) in [7, 11) is 1.32. The Balaban J connectivity index is 1.68. The zero-order chi connectivity index (χ0) is 19.1. The molecule has 0 fully saturated rings. The van der Waals surface area contributed by atoms with Crippen LogP contribution in [0.1, 0.15) is 16.1 Å². The Morgan fingerprint density at radius 3 is 2.33 bits per heavy atom. The van der Waals surface area contributed by atoms with Crippen LogP contribution in [0.25, 0.3) is 0 Å². The van der Waals surface area contributed by atoms with Crippen molar-refractivity contribution in [2.24, 2.45) is 0 Å². The maximum Gasteiger partial charge on any atom is 0.337 e. The Bertz CT molecular complexity index is 873. The molecule has 0 bridgehead atoms. The van der Waals surface area contributed by atoms with Gasteiger partial charge in [0.1, 0.15) is 11.5 Å². The molecule has 1 amide bonds. The number of nitrogens with zero attached hydrogens (tertiary/aromatic N) is 1. The van der Waals surface area contributed by atoms with E-state index in [4.69, 9.17) is 9.15 Å². The lowest BCUT2D eigenvalue weighted by atomic mass is 10.2. The predicted octanol–water partition coefficient (Wildman–Crippen LogP) is 3.68. The summed E-state index contributed by atoms with van der Waals surface area (Å²) in [5.41, 5.74) is 1.17. The molecule has 3 aromatic rings. The average molecular weight is 365 g/mol. The van der Waals surface area contributed by atoms with E-state index in [1.54, 1.807) is 41.5 Å². The second-order valence-electron chi connectivity index (χ2n) is 5.70. The van der Waals surface area contributed by atoms with Gasteiger partial charge in [0.15, 0.2) is 6.61 Å². The van der Waals surface area contributed by atoms with E-state index in [0.29, 0.717) is 23.6 Å². The van der Waals surface area contributed by atoms with Gasteiger partial charge >= 0.3 is 5.97 Å². The molecular weight excluding hydrogens is 346 g/mol. The van der Waals surface area contributed by atoms with Crippen LogP contribution in [0.3, 0.4) is 0 Å². The first kappa shape index (κ1) is 18.3. The van der Waals surface area contributed by atoms with E-state index in [0.717, 1.165) is 5.69 Å². The number of para-hydroxylation sites is 1. The SMILES string of the molecule is COC(=O)c1ccc(OCC(=O)N(Cc2ccco2)c2ccccc2)cc1. The molecule has 0 N–H and O–H groups in total. The van der Waals surface area contributed by atoms with Gasteiger partial charge in [0.2, 0.25) is 0 Å². The second-order valence-corrected chi connectivity index (χ2v) is 5.70. The highest BCUT2D eigenvalue weighted by Gasteiger charge is 2.18. The highest BCUT2D eigenvalue weighted by atomic mass is 16.5. The first-order valence-electron chi connectivity index (χ1n) is 8.36. The summed E-state index contributed by atoms with van der Waals surface area (Å²) in [5, 5.41) is 0. The summed E-state index contributed by atoms with van der Waals surface area (Å²) in [5.74, 6) is 0.526. The highest BCUT2D eigenvalue weighted by molar-refractivity contribution is 5.94. The number of hydrogen-bond acceptors (Lipinski definition) is 5. The van der Waals surface area contributed by atoms with Crippen LogP contribution >= 0.6 is 0 Å². The van der Waals surface area contributed by atoms with Crippen LogP contribution in [-0.4, -0.2) is 25.6 Å². The van der Waals surface area contributed by atoms with E-state index in [-0.39, 0.29) is 12.5 Å². The van der Waals surface area contributed by atoms with Crippen molar-refractivity contribution in [2.45, 2.75) is 6.54 Å². The topological polar surface area (TPSA) is 69.0 Å². The smallest absolute Gasteiger partial charge is 0.337 e. The number of ether oxygens (including phenoxy) is 2. The van der Waals surface area contributed by atoms with Gasteiger partial charge in [-0.25, -0.2) is 4.79 Å². The van der Waals surface area contributed by atoms with Gasteiger partial charge in [0.25, 0.3) is 5.91 Å². The molecule has 6 nitrogen and oxygen atoms in total. The van der Waals surface area contributed by atoms with Gasteiger partial charge in [0, 0.05) is 5.69 Å². The van der Waals surface area contributed by atoms with Crippen molar-refractivity contribution in [1.82, 2.24) is 0 Å². The molecule has 1 aromatic heterocycles. The minimum absolute atomic E-state index is 0.146. The second kappa shape index (κ2) is 8.71. The monoisotopic (exact) mass is 365 g/mol. The molecule has 0 spiro atoms. The van der Waals surface area contributed by atoms with E-state index in [1.165, 1.54) is 7.11 Å². The van der Waals surface area contributed by atoms with Crippen molar-refractivity contribution in [3.05, 3.63) is 84.3 Å². The molecule has 1 heterocycles. The van der Waals surface area contributed by atoms with Crippen LogP contribution in [0.2, 0.25) is 0 Å². The minimum Gasteiger partial charge on any atom is -0.484 e. The standard InChI is InChI=1S/C21H19NO5/c1-25-21(24)16-9-11-18(12-10-16)27-15-20(23)22(14-19-8-5-13-26-19)17-6-3-2-4-7-17/h2-13H,14-15H2,1H3. The molecule has 0 radical (unpaired) electrons. The van der Waals surface area contributed by atoms with E-state index >= 15 is 0 Å². The third-order valence-corrected chi connectivity index (χ3v) is 3.90. The summed E-state index contributed by atoms with van der Waals surface area (Å²) in [6.45, 7) is 0.160. The fourth-order valence-electron chi connectivity index (χ4n) is 2.52. The molecule has 3 rings (SSSR count). The van der Waals surface area contributed by atoms with Crippen LogP contribution < -0.4 is 9.64 Å². The van der Waals surface area contributed by atoms with Gasteiger partial charge in [-0.15, -0.1) is 0 Å². The Morgan fingerprint density at radius 1 is 0.963 bits per heavy atom. The molecule has 6 heteroatoms. The molecule has 138 valence electrons. The van der Waals surface area contributed by atoms with Crippen LogP contribution in [0, 0.1) is 0 Å². The third kappa shape index (κ3) is 4.76. The molecule has 0 aliphatic carbocycles. The summed E-state index contributed by atoms with van der Waals surface area (Å²) in [6.07, 6.45) is 1.57. The van der Waals surface area contributed by atoms with Gasteiger partial charge in [-0.05, 0) is 48.5 Å². The normalized spacial score (nSPS) is 10.3. The maximum absolute atomic E-state index is 12.7. The van der Waals surface area contributed by atoms with E-state index in [9.17, 15) is 9.59 Å². The molecule has 0 atom stereocenters. The molecule has 27 heavy (non-hydrogen) atoms. The van der Waals surface area contributed by atoms with Crippen molar-refractivity contribution < 1.29 is 23.5 Å². The van der Waals surface area contributed by atoms with Crippen molar-refractivity contribution >= 4 is 17.6 Å². The quantitative estimate of drug-likeness (QED) is 0.598. The fraction of sp³-hybridized carbons (Fsp3) is 0.143. The predicted molar refractivity (Wildman–Crippen MR) is 99.6 cm³/mol. The Hall–Kier alpha value is -3.54. The van der Waals surface area contributed by atoms with Gasteiger partial charge in [-0.2, -0.15) is 0 Å². The lowest BCUT2D eigenvalue weighted by molar-refractivity contribution is -0.120. The van der Waals surface area contributed by atoms with Gasteiger partial charge in [-0.3, -0.25) is 4.79 Å². The lowest BCUT2D eigenvalue weighted by Gasteiger charge is -2.22. The fourth-order valence-corrected chi connectivity index (χ4v) is 2.52. The van der Waals surface area contributed by atoms with Crippen LogP contribution in [-0.2, 0) is 16.1 Å². The average Bonchev–Trinajstić information content (AvgIpc) is 3.24. The number of hydrogen-bond donors (Lipinski definition) is 0. The van der Waals surface area contributed by atoms with Gasteiger partial charge < -0.3 is 18.8 Å². The largest absolute Gasteiger partial charge is 0.484 e. The highest BCUT2D eigenvalue weighted by Crippen LogP contribution is 2.19. The molecule has 2 aromatic carbocycles. The molecule has 0 saturated carbocycles. The third-order valence-electron chi connectivity index (χ3n) is 3.90. The molecule has 0 aliphatic heterocycles. The van der Waals surface area contributed by atoms with E-state index < -0.39 is 5.97 Å². The number of furan rings is 1. The molecule has 0 aliphatic rings. The Morgan fingerprint density at radius 2 is 1.70 bits per heavy atom. The Labute approximate surface area is 156 Å². The van der Waals surface area contributed by atoms with Crippen molar-refractivity contribution in [2.75, 3.05) is 18.6 Å². The molecule has 0 saturated heterocycles. The van der Waals surface area contributed by atoms with Gasteiger partial charge in [0.05, 0.1) is 25.5 Å². The minimum atomic E-state index is -0.425. The van der Waals surface area contributed by atoms with Crippen molar-refractivity contribution in [1.29, 1.82) is 0 Å². The van der Waals surface area contributed by atoms with Crippen LogP contribution in [0.15, 0.2) is 77.4 Å². The van der Waals surface area contributed by atoms with E-state index in [2.05, 4.69) is 4.74 Å². The first-order valence-corrected chi connectivity index (χ1v) is 8.36. The maximum atomic E-state index is 12.7. The van der Waals surface area contributed by atoms with E-state index in [1.807, 2.05) is 36.4 Å². The number of amides is 1.